The molecule has 2 aromatic heterocycles. The van der Waals surface area contributed by atoms with E-state index in [1.54, 1.807) is 26.0 Å². The summed E-state index contributed by atoms with van der Waals surface area (Å²) in [5.41, 5.74) is 4.29. The quantitative estimate of drug-likeness (QED) is 0.326. The number of aryl methyl sites for hydroxylation is 1. The van der Waals surface area contributed by atoms with Crippen LogP contribution >= 0.6 is 11.8 Å². The van der Waals surface area contributed by atoms with Crippen molar-refractivity contribution in [1.29, 1.82) is 0 Å². The normalized spacial score (nSPS) is 11.9. The van der Waals surface area contributed by atoms with Crippen molar-refractivity contribution in [3.05, 3.63) is 53.3 Å². The van der Waals surface area contributed by atoms with Gasteiger partial charge in [-0.15, -0.1) is 5.10 Å². The molecule has 2 aromatic carbocycles. The van der Waals surface area contributed by atoms with Crippen LogP contribution in [0.3, 0.4) is 0 Å². The predicted octanol–water partition coefficient (Wildman–Crippen LogP) is 5.19. The Labute approximate surface area is 180 Å². The highest BCUT2D eigenvalue weighted by molar-refractivity contribution is 7.98. The van der Waals surface area contributed by atoms with Gasteiger partial charge in [-0.2, -0.15) is 4.52 Å². The van der Waals surface area contributed by atoms with Gasteiger partial charge >= 0.3 is 0 Å². The van der Waals surface area contributed by atoms with Gasteiger partial charge in [0, 0.05) is 17.2 Å². The Morgan fingerprint density at radius 3 is 2.27 bits per heavy atom. The molecule has 0 atom stereocenters. The maximum absolute atomic E-state index is 5.45. The average molecular weight is 423 g/mol. The van der Waals surface area contributed by atoms with Crippen molar-refractivity contribution in [3.63, 3.8) is 0 Å². The summed E-state index contributed by atoms with van der Waals surface area (Å²) in [7, 11) is 3.25. The van der Waals surface area contributed by atoms with Crippen LogP contribution in [-0.2, 0) is 11.2 Å². The van der Waals surface area contributed by atoms with Crippen molar-refractivity contribution < 1.29 is 9.47 Å². The van der Waals surface area contributed by atoms with Crippen LogP contribution in [0, 0.1) is 6.92 Å². The number of methoxy groups -OCH3 is 2. The van der Waals surface area contributed by atoms with E-state index in [0.29, 0.717) is 17.3 Å². The molecule has 0 radical (unpaired) electrons. The second kappa shape index (κ2) is 7.80. The van der Waals surface area contributed by atoms with Gasteiger partial charge in [0.05, 0.1) is 19.7 Å². The molecule has 0 aliphatic heterocycles. The third-order valence-corrected chi connectivity index (χ3v) is 6.04. The summed E-state index contributed by atoms with van der Waals surface area (Å²) in [6.45, 7) is 8.56. The molecule has 4 rings (SSSR count). The zero-order chi connectivity index (χ0) is 21.5. The Hall–Kier alpha value is -2.80. The van der Waals surface area contributed by atoms with Crippen molar-refractivity contribution in [1.82, 2.24) is 19.6 Å². The molecule has 6 nitrogen and oxygen atoms in total. The summed E-state index contributed by atoms with van der Waals surface area (Å²) in [6.07, 6.45) is 0. The molecular weight excluding hydrogens is 396 g/mol. The molecule has 0 saturated carbocycles. The zero-order valence-corrected chi connectivity index (χ0v) is 19.0. The van der Waals surface area contributed by atoms with Crippen LogP contribution in [-0.4, -0.2) is 33.8 Å². The van der Waals surface area contributed by atoms with Gasteiger partial charge in [-0.3, -0.25) is 0 Å². The lowest BCUT2D eigenvalue weighted by atomic mass is 9.87. The van der Waals surface area contributed by atoms with Gasteiger partial charge in [0.25, 0.3) is 0 Å². The number of hydrogen-bond acceptors (Lipinski definition) is 6. The summed E-state index contributed by atoms with van der Waals surface area (Å²) < 4.78 is 12.7. The third-order valence-electron chi connectivity index (χ3n) is 5.04. The van der Waals surface area contributed by atoms with Gasteiger partial charge in [-0.25, -0.2) is 9.97 Å². The van der Waals surface area contributed by atoms with Crippen molar-refractivity contribution >= 4 is 28.3 Å². The predicted molar refractivity (Wildman–Crippen MR) is 121 cm³/mol. The minimum Gasteiger partial charge on any atom is -0.493 e. The lowest BCUT2D eigenvalue weighted by Crippen LogP contribution is -2.10. The number of aromatic nitrogens is 4. The second-order valence-corrected chi connectivity index (χ2v) is 9.19. The molecule has 0 unspecified atom stereocenters. The zero-order valence-electron chi connectivity index (χ0n) is 18.2. The molecular formula is C23H26N4O2S. The van der Waals surface area contributed by atoms with Gasteiger partial charge in [0.15, 0.2) is 22.3 Å². The minimum atomic E-state index is 0.149. The topological polar surface area (TPSA) is 61.5 Å². The van der Waals surface area contributed by atoms with E-state index in [-0.39, 0.29) is 5.41 Å². The molecule has 7 heteroatoms. The van der Waals surface area contributed by atoms with E-state index in [2.05, 4.69) is 55.1 Å². The molecule has 0 spiro atoms. The summed E-state index contributed by atoms with van der Waals surface area (Å²) in [5, 5.41) is 6.25. The first kappa shape index (κ1) is 20.5. The summed E-state index contributed by atoms with van der Waals surface area (Å²) in [4.78, 5) is 9.49. The van der Waals surface area contributed by atoms with Crippen LogP contribution in [0.5, 0.6) is 11.5 Å². The van der Waals surface area contributed by atoms with E-state index in [0.717, 1.165) is 27.5 Å². The third kappa shape index (κ3) is 3.81. The highest BCUT2D eigenvalue weighted by Gasteiger charge is 2.17. The van der Waals surface area contributed by atoms with Gasteiger partial charge < -0.3 is 9.47 Å². The lowest BCUT2D eigenvalue weighted by Gasteiger charge is -2.19. The molecule has 0 saturated heterocycles. The maximum atomic E-state index is 5.45. The van der Waals surface area contributed by atoms with Crippen molar-refractivity contribution in [2.24, 2.45) is 0 Å². The van der Waals surface area contributed by atoms with Gasteiger partial charge in [-0.05, 0) is 29.5 Å². The number of thioether (sulfide) groups is 1. The molecule has 0 fully saturated rings. The van der Waals surface area contributed by atoms with E-state index in [9.17, 15) is 0 Å². The average Bonchev–Trinajstić information content (AvgIpc) is 3.12. The molecule has 0 amide bonds. The van der Waals surface area contributed by atoms with Crippen LogP contribution in [0.2, 0.25) is 0 Å². The summed E-state index contributed by atoms with van der Waals surface area (Å²) >= 11 is 1.65. The van der Waals surface area contributed by atoms with Gasteiger partial charge in [-0.1, -0.05) is 56.8 Å². The van der Waals surface area contributed by atoms with Gasteiger partial charge in [0.1, 0.15) is 5.82 Å². The summed E-state index contributed by atoms with van der Waals surface area (Å²) in [6, 6.07) is 12.6. The molecule has 156 valence electrons. The number of fused-ring (bicyclic) bond motifs is 3. The molecule has 0 bridgehead atoms. The Kier molecular flexibility index (Phi) is 5.32. The summed E-state index contributed by atoms with van der Waals surface area (Å²) in [5.74, 6) is 2.79. The first-order chi connectivity index (χ1) is 14.3. The van der Waals surface area contributed by atoms with Gasteiger partial charge in [0.2, 0.25) is 0 Å². The fraction of sp³-hybridized carbons (Fsp3) is 0.348. The lowest BCUT2D eigenvalue weighted by molar-refractivity contribution is 0.355. The smallest absolute Gasteiger partial charge is 0.191 e. The Bertz CT molecular complexity index is 1210. The SMILES string of the molecule is COc1cc2nc(SCc3ccc(C(C)(C)C)cc3)n3nc(C)nc3c2cc1OC. The second-order valence-electron chi connectivity index (χ2n) is 8.25. The number of hydrogen-bond donors (Lipinski definition) is 0. The van der Waals surface area contributed by atoms with E-state index in [4.69, 9.17) is 14.5 Å². The minimum absolute atomic E-state index is 0.149. The molecule has 2 heterocycles. The van der Waals surface area contributed by atoms with Crippen LogP contribution in [0.15, 0.2) is 41.6 Å². The molecule has 4 aromatic rings. The Morgan fingerprint density at radius 2 is 1.63 bits per heavy atom. The standard InChI is InChI=1S/C23H26N4O2S/c1-14-24-21-17-11-19(28-5)20(29-6)12-18(17)25-22(27(21)26-14)30-13-15-7-9-16(10-8-15)23(2,3)4/h7-12H,13H2,1-6H3. The number of ether oxygens (including phenoxy) is 2. The van der Waals surface area contributed by atoms with E-state index in [1.807, 2.05) is 23.6 Å². The van der Waals surface area contributed by atoms with Crippen molar-refractivity contribution in [2.45, 2.75) is 44.0 Å². The first-order valence-corrected chi connectivity index (χ1v) is 10.8. The highest BCUT2D eigenvalue weighted by Crippen LogP contribution is 2.35. The Balaban J connectivity index is 1.72. The van der Waals surface area contributed by atoms with Crippen LogP contribution in [0.25, 0.3) is 16.6 Å². The number of nitrogens with zero attached hydrogens (tertiary/aromatic N) is 4. The molecule has 0 aliphatic rings. The largest absolute Gasteiger partial charge is 0.493 e. The Morgan fingerprint density at radius 1 is 0.967 bits per heavy atom. The van der Waals surface area contributed by atoms with Crippen molar-refractivity contribution in [2.75, 3.05) is 14.2 Å². The number of rotatable bonds is 5. The van der Waals surface area contributed by atoms with Crippen LogP contribution in [0.1, 0.15) is 37.7 Å². The van der Waals surface area contributed by atoms with Crippen molar-refractivity contribution in [3.8, 4) is 11.5 Å². The monoisotopic (exact) mass is 422 g/mol. The van der Waals surface area contributed by atoms with Crippen LogP contribution in [0.4, 0.5) is 0 Å². The number of benzene rings is 2. The molecule has 0 N–H and O–H groups in total. The highest BCUT2D eigenvalue weighted by atomic mass is 32.2. The molecule has 0 aliphatic carbocycles. The van der Waals surface area contributed by atoms with E-state index >= 15 is 0 Å². The van der Waals surface area contributed by atoms with E-state index < -0.39 is 0 Å². The van der Waals surface area contributed by atoms with Crippen LogP contribution < -0.4 is 9.47 Å². The fourth-order valence-electron chi connectivity index (χ4n) is 3.36. The molecule has 30 heavy (non-hydrogen) atoms. The fourth-order valence-corrected chi connectivity index (χ4v) is 4.26. The van der Waals surface area contributed by atoms with E-state index in [1.165, 1.54) is 11.1 Å². The first-order valence-electron chi connectivity index (χ1n) is 9.81. The maximum Gasteiger partial charge on any atom is 0.191 e.